The van der Waals surface area contributed by atoms with Crippen LogP contribution in [0, 0.1) is 0 Å². The highest BCUT2D eigenvalue weighted by Crippen LogP contribution is 2.40. The molecule has 6 rings (SSSR count). The second kappa shape index (κ2) is 6.76. The van der Waals surface area contributed by atoms with Gasteiger partial charge in [0.25, 0.3) is 0 Å². The summed E-state index contributed by atoms with van der Waals surface area (Å²) in [6, 6.07) is 12.6. The highest BCUT2D eigenvalue weighted by molar-refractivity contribution is 6.14. The summed E-state index contributed by atoms with van der Waals surface area (Å²) in [6.45, 7) is 2.09. The van der Waals surface area contributed by atoms with Crippen LogP contribution in [0.4, 0.5) is 0 Å². The number of nitrogens with zero attached hydrogens (tertiary/aromatic N) is 5. The molecular weight excluding hydrogens is 374 g/mol. The lowest BCUT2D eigenvalue weighted by Crippen LogP contribution is -2.13. The minimum Gasteiger partial charge on any atom is -0.442 e. The number of hydrogen-bond acceptors (Lipinski definition) is 5. The molecule has 0 amide bonds. The molecule has 148 valence electrons. The Bertz CT molecular complexity index is 1240. The Morgan fingerprint density at radius 1 is 1.10 bits per heavy atom. The molecule has 0 bridgehead atoms. The van der Waals surface area contributed by atoms with Crippen LogP contribution in [0.5, 0.6) is 0 Å². The molecule has 30 heavy (non-hydrogen) atoms. The minimum atomic E-state index is -0.121. The van der Waals surface area contributed by atoms with Crippen LogP contribution in [-0.4, -0.2) is 25.2 Å². The zero-order valence-electron chi connectivity index (χ0n) is 16.7. The van der Waals surface area contributed by atoms with Gasteiger partial charge in [0.15, 0.2) is 12.2 Å². The number of fused-ring (bicyclic) bond motifs is 3. The average Bonchev–Trinajstić information content (AvgIpc) is 3.39. The maximum atomic E-state index is 5.56. The van der Waals surface area contributed by atoms with E-state index in [2.05, 4.69) is 44.6 Å². The van der Waals surface area contributed by atoms with Crippen LogP contribution in [0.3, 0.4) is 0 Å². The standard InChI is InChI=1S/C24H21N5O/c1-15-24-23(21-12-25-14-30-21)27-13-29(24)20-9-8-17(16-5-4-6-16)11-18(20)22(28-15)19-7-2-3-10-26-19/h2-3,7-16H,4-6H2,1H3/t15-/m0/s1. The van der Waals surface area contributed by atoms with E-state index in [1.165, 1.54) is 31.2 Å². The highest BCUT2D eigenvalue weighted by Gasteiger charge is 2.29. The third kappa shape index (κ3) is 2.64. The molecule has 4 heterocycles. The molecule has 2 aliphatic rings. The highest BCUT2D eigenvalue weighted by atomic mass is 16.3. The van der Waals surface area contributed by atoms with E-state index in [9.17, 15) is 0 Å². The first-order chi connectivity index (χ1) is 14.8. The zero-order valence-corrected chi connectivity index (χ0v) is 16.7. The predicted molar refractivity (Wildman–Crippen MR) is 114 cm³/mol. The molecule has 1 saturated carbocycles. The van der Waals surface area contributed by atoms with Crippen LogP contribution in [0.15, 0.2) is 70.9 Å². The lowest BCUT2D eigenvalue weighted by Gasteiger charge is -2.27. The number of hydrogen-bond donors (Lipinski definition) is 0. The lowest BCUT2D eigenvalue weighted by atomic mass is 9.79. The van der Waals surface area contributed by atoms with Gasteiger partial charge in [0, 0.05) is 11.8 Å². The summed E-state index contributed by atoms with van der Waals surface area (Å²) in [7, 11) is 0. The molecule has 1 fully saturated rings. The Hall–Kier alpha value is -3.54. The normalized spacial score (nSPS) is 18.2. The van der Waals surface area contributed by atoms with Gasteiger partial charge in [-0.3, -0.25) is 14.5 Å². The van der Waals surface area contributed by atoms with Crippen molar-refractivity contribution in [2.45, 2.75) is 38.1 Å². The van der Waals surface area contributed by atoms with E-state index in [1.54, 1.807) is 6.20 Å². The van der Waals surface area contributed by atoms with Gasteiger partial charge in [-0.1, -0.05) is 18.6 Å². The first kappa shape index (κ1) is 17.3. The largest absolute Gasteiger partial charge is 0.442 e. The van der Waals surface area contributed by atoms with Crippen LogP contribution in [0.25, 0.3) is 17.1 Å². The number of imidazole rings is 1. The van der Waals surface area contributed by atoms with Crippen LogP contribution in [0.2, 0.25) is 0 Å². The van der Waals surface area contributed by atoms with Gasteiger partial charge in [-0.25, -0.2) is 9.97 Å². The van der Waals surface area contributed by atoms with Crippen molar-refractivity contribution < 1.29 is 4.42 Å². The number of pyridine rings is 1. The van der Waals surface area contributed by atoms with Crippen LogP contribution in [-0.2, 0) is 0 Å². The molecular formula is C24H21N5O. The smallest absolute Gasteiger partial charge is 0.181 e. The first-order valence-electron chi connectivity index (χ1n) is 10.4. The quantitative estimate of drug-likeness (QED) is 0.484. The van der Waals surface area contributed by atoms with Gasteiger partial charge in [0.05, 0.1) is 35.0 Å². The Labute approximate surface area is 174 Å². The van der Waals surface area contributed by atoms with Crippen molar-refractivity contribution in [3.63, 3.8) is 0 Å². The third-order valence-electron chi connectivity index (χ3n) is 6.21. The average molecular weight is 395 g/mol. The van der Waals surface area contributed by atoms with Crippen molar-refractivity contribution in [1.29, 1.82) is 0 Å². The van der Waals surface area contributed by atoms with E-state index in [-0.39, 0.29) is 6.04 Å². The van der Waals surface area contributed by atoms with E-state index in [4.69, 9.17) is 9.41 Å². The molecule has 0 unspecified atom stereocenters. The molecule has 1 aliphatic carbocycles. The Balaban J connectivity index is 1.60. The molecule has 0 radical (unpaired) electrons. The van der Waals surface area contributed by atoms with Crippen LogP contribution in [0.1, 0.15) is 60.7 Å². The third-order valence-corrected chi connectivity index (χ3v) is 6.21. The summed E-state index contributed by atoms with van der Waals surface area (Å²) in [4.78, 5) is 18.5. The minimum absolute atomic E-state index is 0.121. The molecule has 6 nitrogen and oxygen atoms in total. The van der Waals surface area contributed by atoms with E-state index >= 15 is 0 Å². The summed E-state index contributed by atoms with van der Waals surface area (Å²) in [5.41, 5.74) is 7.14. The summed E-state index contributed by atoms with van der Waals surface area (Å²) >= 11 is 0. The first-order valence-corrected chi connectivity index (χ1v) is 10.4. The fraction of sp³-hybridized carbons (Fsp3) is 0.250. The maximum Gasteiger partial charge on any atom is 0.181 e. The number of aromatic nitrogens is 4. The molecule has 1 aliphatic heterocycles. The lowest BCUT2D eigenvalue weighted by molar-refractivity contribution is 0.419. The van der Waals surface area contributed by atoms with Crippen LogP contribution >= 0.6 is 0 Å². The second-order valence-corrected chi connectivity index (χ2v) is 7.99. The van der Waals surface area contributed by atoms with Crippen LogP contribution < -0.4 is 0 Å². The fourth-order valence-electron chi connectivity index (χ4n) is 4.45. The monoisotopic (exact) mass is 395 g/mol. The van der Waals surface area contributed by atoms with Crippen molar-refractivity contribution in [2.75, 3.05) is 0 Å². The van der Waals surface area contributed by atoms with Gasteiger partial charge < -0.3 is 4.42 Å². The van der Waals surface area contributed by atoms with Gasteiger partial charge in [0.2, 0.25) is 0 Å². The van der Waals surface area contributed by atoms with Gasteiger partial charge in [-0.15, -0.1) is 0 Å². The van der Waals surface area contributed by atoms with Crippen molar-refractivity contribution in [3.05, 3.63) is 84.0 Å². The fourth-order valence-corrected chi connectivity index (χ4v) is 4.45. The summed E-state index contributed by atoms with van der Waals surface area (Å²) in [6.07, 6.45) is 10.7. The van der Waals surface area contributed by atoms with Gasteiger partial charge in [-0.05, 0) is 55.5 Å². The van der Waals surface area contributed by atoms with Gasteiger partial charge >= 0.3 is 0 Å². The molecule has 4 aromatic rings. The number of rotatable bonds is 3. The second-order valence-electron chi connectivity index (χ2n) is 7.99. The van der Waals surface area contributed by atoms with Crippen molar-refractivity contribution in [3.8, 4) is 17.1 Å². The summed E-state index contributed by atoms with van der Waals surface area (Å²) < 4.78 is 7.70. The summed E-state index contributed by atoms with van der Waals surface area (Å²) in [5.74, 6) is 1.30. The predicted octanol–water partition coefficient (Wildman–Crippen LogP) is 5.10. The summed E-state index contributed by atoms with van der Waals surface area (Å²) in [5, 5.41) is 0. The molecule has 3 aromatic heterocycles. The SMILES string of the molecule is C[C@@H]1N=C(c2ccccn2)c2cc(C3CCC3)ccc2-n2cnc(-c3cnco3)c21. The van der Waals surface area contributed by atoms with Crippen molar-refractivity contribution in [1.82, 2.24) is 19.5 Å². The maximum absolute atomic E-state index is 5.56. The molecule has 1 atom stereocenters. The van der Waals surface area contributed by atoms with Crippen molar-refractivity contribution in [2.24, 2.45) is 4.99 Å². The number of benzene rings is 1. The Morgan fingerprint density at radius 2 is 2.03 bits per heavy atom. The Morgan fingerprint density at radius 3 is 2.77 bits per heavy atom. The van der Waals surface area contributed by atoms with E-state index in [1.807, 2.05) is 30.7 Å². The molecule has 1 aromatic carbocycles. The van der Waals surface area contributed by atoms with E-state index in [0.29, 0.717) is 11.7 Å². The Kier molecular flexibility index (Phi) is 3.91. The van der Waals surface area contributed by atoms with E-state index in [0.717, 1.165) is 34.0 Å². The van der Waals surface area contributed by atoms with E-state index < -0.39 is 0 Å². The molecule has 0 N–H and O–H groups in total. The number of oxazole rings is 1. The molecule has 0 saturated heterocycles. The molecule has 0 spiro atoms. The molecule has 6 heteroatoms. The van der Waals surface area contributed by atoms with Crippen molar-refractivity contribution >= 4 is 5.71 Å². The number of aliphatic imine (C=N–C) groups is 1. The van der Waals surface area contributed by atoms with Gasteiger partial charge in [0.1, 0.15) is 12.0 Å². The topological polar surface area (TPSA) is 69.1 Å². The van der Waals surface area contributed by atoms with Gasteiger partial charge in [-0.2, -0.15) is 0 Å². The zero-order chi connectivity index (χ0) is 20.1.